The number of nitrogens with two attached hydrogens (primary N) is 1. The molecule has 0 saturated carbocycles. The number of nitrogen functional groups attached to an aromatic ring is 1. The van der Waals surface area contributed by atoms with Crippen LogP contribution in [0, 0.1) is 0 Å². The Kier molecular flexibility index (Phi) is 6.17. The molecule has 6 nitrogen and oxygen atoms in total. The number of unbranched alkanes of at least 4 members (excludes halogenated alkanes) is 1. The fourth-order valence-electron chi connectivity index (χ4n) is 2.75. The Morgan fingerprint density at radius 2 is 2.08 bits per heavy atom. The molecule has 0 spiro atoms. The molecule has 6 heteroatoms. The number of nitrogens with zero attached hydrogens (tertiary/aromatic N) is 3. The normalized spacial score (nSPS) is 13.4. The molecule has 0 saturated heterocycles. The number of aryl methyl sites for hydroxylation is 1. The van der Waals surface area contributed by atoms with Crippen molar-refractivity contribution in [3.05, 3.63) is 30.1 Å². The van der Waals surface area contributed by atoms with Crippen molar-refractivity contribution in [2.75, 3.05) is 17.6 Å². The molecule has 0 fully saturated rings. The van der Waals surface area contributed by atoms with Gasteiger partial charge in [-0.25, -0.2) is 4.98 Å². The van der Waals surface area contributed by atoms with Gasteiger partial charge in [-0.1, -0.05) is 33.3 Å². The van der Waals surface area contributed by atoms with E-state index in [1.165, 1.54) is 0 Å². The summed E-state index contributed by atoms with van der Waals surface area (Å²) < 4.78 is 0. The van der Waals surface area contributed by atoms with Gasteiger partial charge in [0.05, 0.1) is 11.1 Å². The maximum Gasteiger partial charge on any atom is 0.222 e. The van der Waals surface area contributed by atoms with Crippen LogP contribution in [0.2, 0.25) is 0 Å². The average Bonchev–Trinajstić information content (AvgIpc) is 2.57. The molecule has 136 valence electrons. The Labute approximate surface area is 150 Å². The summed E-state index contributed by atoms with van der Waals surface area (Å²) in [4.78, 5) is 13.3. The monoisotopic (exact) mass is 342 g/mol. The van der Waals surface area contributed by atoms with E-state index in [1.807, 2.05) is 19.2 Å². The fraction of sp³-hybridized carbons (Fsp3) is 0.526. The first-order chi connectivity index (χ1) is 11.9. The summed E-state index contributed by atoms with van der Waals surface area (Å²) >= 11 is 0. The third-order valence-corrected chi connectivity index (χ3v) is 4.30. The number of nitrogens with one attached hydrogen (secondary N) is 2. The molecular formula is C19H30N6. The number of rotatable bonds is 9. The molecule has 0 aliphatic heterocycles. The second kappa shape index (κ2) is 8.14. The number of pyridine rings is 1. The lowest BCUT2D eigenvalue weighted by Gasteiger charge is -2.32. The summed E-state index contributed by atoms with van der Waals surface area (Å²) in [5.41, 5.74) is 9.36. The van der Waals surface area contributed by atoms with Crippen LogP contribution >= 0.6 is 0 Å². The van der Waals surface area contributed by atoms with E-state index in [4.69, 9.17) is 5.73 Å². The topological polar surface area (TPSA) is 88.8 Å². The van der Waals surface area contributed by atoms with Gasteiger partial charge in [-0.2, -0.15) is 4.98 Å². The van der Waals surface area contributed by atoms with Crippen molar-refractivity contribution in [1.82, 2.24) is 20.3 Å². The lowest BCUT2D eigenvalue weighted by molar-refractivity contribution is 0.435. The van der Waals surface area contributed by atoms with Crippen LogP contribution in [0.15, 0.2) is 24.5 Å². The zero-order chi connectivity index (χ0) is 18.4. The zero-order valence-corrected chi connectivity index (χ0v) is 15.8. The maximum absolute atomic E-state index is 5.94. The standard InChI is InChI=1S/C19H30N6/c1-6-8-9-19(5,12-22-13(3)4)25-17-16-15(23-18(20)24-17)10-14(7-2)11-21-16/h10-11,22H,3,6-9,12H2,1-2,4-5H3,(H3,20,23,24,25)/t19-/m1/s1. The van der Waals surface area contributed by atoms with Gasteiger partial charge in [-0.05, 0) is 38.3 Å². The van der Waals surface area contributed by atoms with Gasteiger partial charge >= 0.3 is 0 Å². The SMILES string of the molecule is C=C(C)NC[C@@](C)(CCCC)Nc1nc(N)nc2cc(CC)cnc12. The predicted octanol–water partition coefficient (Wildman–Crippen LogP) is 3.65. The van der Waals surface area contributed by atoms with Gasteiger partial charge in [0.25, 0.3) is 0 Å². The van der Waals surface area contributed by atoms with Gasteiger partial charge in [-0.3, -0.25) is 4.98 Å². The van der Waals surface area contributed by atoms with Crippen molar-refractivity contribution >= 4 is 22.8 Å². The lowest BCUT2D eigenvalue weighted by Crippen LogP contribution is -2.44. The van der Waals surface area contributed by atoms with E-state index in [-0.39, 0.29) is 11.5 Å². The van der Waals surface area contributed by atoms with Crippen LogP contribution in [0.25, 0.3) is 11.0 Å². The van der Waals surface area contributed by atoms with Gasteiger partial charge in [-0.15, -0.1) is 0 Å². The number of allylic oxidation sites excluding steroid dienone is 1. The Hall–Kier alpha value is -2.37. The molecule has 2 heterocycles. The molecule has 0 aliphatic rings. The maximum atomic E-state index is 5.94. The number of aromatic nitrogens is 3. The van der Waals surface area contributed by atoms with Gasteiger partial charge in [0.15, 0.2) is 5.82 Å². The second-order valence-corrected chi connectivity index (χ2v) is 6.92. The fourth-order valence-corrected chi connectivity index (χ4v) is 2.75. The first-order valence-corrected chi connectivity index (χ1v) is 8.96. The van der Waals surface area contributed by atoms with Gasteiger partial charge in [0.1, 0.15) is 5.52 Å². The highest BCUT2D eigenvalue weighted by Crippen LogP contribution is 2.25. The van der Waals surface area contributed by atoms with Gasteiger partial charge in [0.2, 0.25) is 5.95 Å². The van der Waals surface area contributed by atoms with Crippen molar-refractivity contribution in [3.63, 3.8) is 0 Å². The number of anilines is 2. The first kappa shape index (κ1) is 19.0. The minimum atomic E-state index is -0.187. The highest BCUT2D eigenvalue weighted by atomic mass is 15.1. The molecule has 0 amide bonds. The van der Waals surface area contributed by atoms with Crippen LogP contribution in [0.5, 0.6) is 0 Å². The molecule has 1 atom stereocenters. The van der Waals surface area contributed by atoms with E-state index >= 15 is 0 Å². The Bertz CT molecular complexity index is 742. The van der Waals surface area contributed by atoms with Crippen molar-refractivity contribution in [3.8, 4) is 0 Å². The Morgan fingerprint density at radius 1 is 1.32 bits per heavy atom. The van der Waals surface area contributed by atoms with Crippen molar-refractivity contribution in [2.45, 2.75) is 58.9 Å². The Balaban J connectivity index is 2.38. The van der Waals surface area contributed by atoms with Gasteiger partial charge in [0, 0.05) is 18.4 Å². The predicted molar refractivity (Wildman–Crippen MR) is 105 cm³/mol. The van der Waals surface area contributed by atoms with Crippen LogP contribution in [-0.2, 0) is 6.42 Å². The molecule has 2 rings (SSSR count). The molecule has 4 N–H and O–H groups in total. The zero-order valence-electron chi connectivity index (χ0n) is 15.8. The molecule has 0 unspecified atom stereocenters. The quantitative estimate of drug-likeness (QED) is 0.644. The summed E-state index contributed by atoms with van der Waals surface area (Å²) in [5.74, 6) is 0.947. The number of hydrogen-bond acceptors (Lipinski definition) is 6. The van der Waals surface area contributed by atoms with E-state index in [2.05, 4.69) is 52.9 Å². The average molecular weight is 342 g/mol. The number of hydrogen-bond donors (Lipinski definition) is 3. The molecule has 0 aromatic carbocycles. The summed E-state index contributed by atoms with van der Waals surface area (Å²) in [6.07, 6.45) is 6.04. The van der Waals surface area contributed by atoms with Crippen LogP contribution in [-0.4, -0.2) is 27.0 Å². The number of fused-ring (bicyclic) bond motifs is 1. The van der Waals surface area contributed by atoms with E-state index in [9.17, 15) is 0 Å². The molecule has 0 aliphatic carbocycles. The smallest absolute Gasteiger partial charge is 0.222 e. The minimum absolute atomic E-state index is 0.187. The highest BCUT2D eigenvalue weighted by molar-refractivity contribution is 5.86. The van der Waals surface area contributed by atoms with Crippen molar-refractivity contribution < 1.29 is 0 Å². The third-order valence-electron chi connectivity index (χ3n) is 4.30. The lowest BCUT2D eigenvalue weighted by atomic mass is 9.94. The van der Waals surface area contributed by atoms with Crippen LogP contribution in [0.4, 0.5) is 11.8 Å². The Morgan fingerprint density at radius 3 is 2.72 bits per heavy atom. The van der Waals surface area contributed by atoms with Crippen molar-refractivity contribution in [1.29, 1.82) is 0 Å². The van der Waals surface area contributed by atoms with E-state index in [0.717, 1.165) is 54.5 Å². The first-order valence-electron chi connectivity index (χ1n) is 8.96. The molecule has 25 heavy (non-hydrogen) atoms. The molecule has 0 radical (unpaired) electrons. The second-order valence-electron chi connectivity index (χ2n) is 6.92. The van der Waals surface area contributed by atoms with Gasteiger partial charge < -0.3 is 16.4 Å². The van der Waals surface area contributed by atoms with E-state index < -0.39 is 0 Å². The van der Waals surface area contributed by atoms with Crippen molar-refractivity contribution in [2.24, 2.45) is 0 Å². The minimum Gasteiger partial charge on any atom is -0.387 e. The van der Waals surface area contributed by atoms with E-state index in [1.54, 1.807) is 0 Å². The van der Waals surface area contributed by atoms with Crippen LogP contribution in [0.3, 0.4) is 0 Å². The summed E-state index contributed by atoms with van der Waals surface area (Å²) in [6.45, 7) is 13.1. The van der Waals surface area contributed by atoms with E-state index in [0.29, 0.717) is 5.82 Å². The largest absolute Gasteiger partial charge is 0.387 e. The van der Waals surface area contributed by atoms with Crippen LogP contribution < -0.4 is 16.4 Å². The summed E-state index contributed by atoms with van der Waals surface area (Å²) in [6, 6.07) is 2.03. The summed E-state index contributed by atoms with van der Waals surface area (Å²) in [7, 11) is 0. The highest BCUT2D eigenvalue weighted by Gasteiger charge is 2.25. The molecule has 2 aromatic heterocycles. The molecular weight excluding hydrogens is 312 g/mol. The van der Waals surface area contributed by atoms with Crippen LogP contribution in [0.1, 0.15) is 52.5 Å². The molecule has 0 bridgehead atoms. The molecule has 2 aromatic rings. The third kappa shape index (κ3) is 5.05. The summed E-state index contributed by atoms with van der Waals surface area (Å²) in [5, 5.41) is 6.91.